The van der Waals surface area contributed by atoms with Crippen molar-refractivity contribution in [1.82, 2.24) is 29.6 Å². The summed E-state index contributed by atoms with van der Waals surface area (Å²) in [6.45, 7) is 4.71. The lowest BCUT2D eigenvalue weighted by Gasteiger charge is -2.29. The summed E-state index contributed by atoms with van der Waals surface area (Å²) in [5, 5.41) is 8.00. The first-order valence-corrected chi connectivity index (χ1v) is 10.8. The number of morpholine rings is 1. The predicted octanol–water partition coefficient (Wildman–Crippen LogP) is 2.35. The number of anilines is 1. The molecule has 1 fully saturated rings. The molecule has 5 rings (SSSR count). The van der Waals surface area contributed by atoms with Gasteiger partial charge in [0.2, 0.25) is 0 Å². The van der Waals surface area contributed by atoms with Crippen LogP contribution in [0.15, 0.2) is 48.9 Å². The molecule has 0 atom stereocenters. The first kappa shape index (κ1) is 20.5. The van der Waals surface area contributed by atoms with E-state index in [1.807, 2.05) is 54.6 Å². The van der Waals surface area contributed by atoms with Crippen LogP contribution in [0.3, 0.4) is 0 Å². The number of nitrogens with one attached hydrogen (secondary N) is 1. The van der Waals surface area contributed by atoms with E-state index in [1.54, 1.807) is 7.11 Å². The number of imidazole rings is 1. The molecule has 1 aromatic carbocycles. The van der Waals surface area contributed by atoms with E-state index < -0.39 is 0 Å². The van der Waals surface area contributed by atoms with E-state index in [9.17, 15) is 0 Å². The van der Waals surface area contributed by atoms with E-state index in [2.05, 4.69) is 20.9 Å². The maximum atomic E-state index is 5.56. The van der Waals surface area contributed by atoms with Crippen molar-refractivity contribution in [3.05, 3.63) is 48.9 Å². The highest BCUT2D eigenvalue weighted by Crippen LogP contribution is 2.29. The SMILES string of the molecule is CNCCn1cnc2c(N3CCOCC3)cc(-n3ccc(-c4cccc(OC)c4)n3)nc21. The van der Waals surface area contributed by atoms with Gasteiger partial charge in [0.05, 0.1) is 38.0 Å². The Morgan fingerprint density at radius 3 is 2.84 bits per heavy atom. The molecule has 0 saturated carbocycles. The highest BCUT2D eigenvalue weighted by molar-refractivity contribution is 5.87. The molecule has 1 saturated heterocycles. The van der Waals surface area contributed by atoms with Crippen LogP contribution in [0.1, 0.15) is 0 Å². The molecule has 0 radical (unpaired) electrons. The summed E-state index contributed by atoms with van der Waals surface area (Å²) in [7, 11) is 3.61. The normalized spacial score (nSPS) is 14.2. The Morgan fingerprint density at radius 2 is 2.03 bits per heavy atom. The molecule has 0 amide bonds. The van der Waals surface area contributed by atoms with Crippen molar-refractivity contribution in [3.63, 3.8) is 0 Å². The van der Waals surface area contributed by atoms with Crippen LogP contribution in [-0.4, -0.2) is 71.3 Å². The fourth-order valence-electron chi connectivity index (χ4n) is 3.95. The van der Waals surface area contributed by atoms with Gasteiger partial charge in [0.1, 0.15) is 11.3 Å². The highest BCUT2D eigenvalue weighted by atomic mass is 16.5. The first-order valence-electron chi connectivity index (χ1n) is 10.8. The Hall–Kier alpha value is -3.43. The van der Waals surface area contributed by atoms with Gasteiger partial charge in [-0.1, -0.05) is 12.1 Å². The summed E-state index contributed by atoms with van der Waals surface area (Å²) in [4.78, 5) is 12.0. The lowest BCUT2D eigenvalue weighted by Crippen LogP contribution is -2.36. The summed E-state index contributed by atoms with van der Waals surface area (Å²) < 4.78 is 14.8. The standard InChI is InChI=1S/C23H27N7O2/c1-24-7-9-29-16-25-22-20(28-10-12-32-13-11-28)15-21(26-23(22)29)30-8-6-19(27-30)17-4-3-5-18(14-17)31-2/h3-6,8,14-16,24H,7,9-13H2,1-2H3. The number of hydrogen-bond donors (Lipinski definition) is 1. The van der Waals surface area contributed by atoms with Crippen molar-refractivity contribution in [3.8, 4) is 22.8 Å². The van der Waals surface area contributed by atoms with Gasteiger partial charge < -0.3 is 24.3 Å². The number of methoxy groups -OCH3 is 1. The van der Waals surface area contributed by atoms with E-state index >= 15 is 0 Å². The number of fused-ring (bicyclic) bond motifs is 1. The Labute approximate surface area is 186 Å². The number of ether oxygens (including phenoxy) is 2. The zero-order chi connectivity index (χ0) is 21.9. The van der Waals surface area contributed by atoms with Gasteiger partial charge in [-0.2, -0.15) is 5.10 Å². The van der Waals surface area contributed by atoms with Crippen LogP contribution in [0.2, 0.25) is 0 Å². The van der Waals surface area contributed by atoms with E-state index in [0.29, 0.717) is 13.2 Å². The van der Waals surface area contributed by atoms with Crippen LogP contribution in [-0.2, 0) is 11.3 Å². The Balaban J connectivity index is 1.58. The van der Waals surface area contributed by atoms with Crippen molar-refractivity contribution >= 4 is 16.9 Å². The van der Waals surface area contributed by atoms with Gasteiger partial charge in [-0.15, -0.1) is 0 Å². The molecule has 1 aliphatic rings. The molecule has 1 aliphatic heterocycles. The first-order chi connectivity index (χ1) is 15.8. The van der Waals surface area contributed by atoms with E-state index in [4.69, 9.17) is 24.5 Å². The quantitative estimate of drug-likeness (QED) is 0.479. The van der Waals surface area contributed by atoms with Gasteiger partial charge >= 0.3 is 0 Å². The Morgan fingerprint density at radius 1 is 1.16 bits per heavy atom. The molecule has 166 valence electrons. The minimum atomic E-state index is 0.710. The summed E-state index contributed by atoms with van der Waals surface area (Å²) >= 11 is 0. The van der Waals surface area contributed by atoms with E-state index in [1.165, 1.54) is 0 Å². The third-order valence-electron chi connectivity index (χ3n) is 5.68. The summed E-state index contributed by atoms with van der Waals surface area (Å²) in [6.07, 6.45) is 3.81. The molecule has 0 spiro atoms. The van der Waals surface area contributed by atoms with Crippen LogP contribution in [0, 0.1) is 0 Å². The number of benzene rings is 1. The highest BCUT2D eigenvalue weighted by Gasteiger charge is 2.20. The largest absolute Gasteiger partial charge is 0.497 e. The van der Waals surface area contributed by atoms with Crippen molar-refractivity contribution in [2.24, 2.45) is 0 Å². The number of rotatable bonds is 7. The number of nitrogens with zero attached hydrogens (tertiary/aromatic N) is 6. The molecule has 3 aromatic heterocycles. The monoisotopic (exact) mass is 433 g/mol. The van der Waals surface area contributed by atoms with Gasteiger partial charge in [-0.25, -0.2) is 14.6 Å². The third kappa shape index (κ3) is 3.92. The molecule has 32 heavy (non-hydrogen) atoms. The van der Waals surface area contributed by atoms with Gasteiger partial charge in [0.15, 0.2) is 11.5 Å². The minimum absolute atomic E-state index is 0.710. The lowest BCUT2D eigenvalue weighted by atomic mass is 10.1. The summed E-state index contributed by atoms with van der Waals surface area (Å²) in [5.74, 6) is 1.57. The molecule has 1 N–H and O–H groups in total. The Bertz CT molecular complexity index is 1210. The molecule has 4 heterocycles. The minimum Gasteiger partial charge on any atom is -0.497 e. The zero-order valence-corrected chi connectivity index (χ0v) is 18.4. The van der Waals surface area contributed by atoms with Crippen LogP contribution >= 0.6 is 0 Å². The second kappa shape index (κ2) is 8.97. The fourth-order valence-corrected chi connectivity index (χ4v) is 3.95. The second-order valence-electron chi connectivity index (χ2n) is 7.69. The van der Waals surface area contributed by atoms with E-state index in [-0.39, 0.29) is 0 Å². The van der Waals surface area contributed by atoms with Gasteiger partial charge in [0, 0.05) is 44.0 Å². The number of likely N-dealkylation sites (N-methyl/N-ethyl adjacent to an activating group) is 1. The lowest BCUT2D eigenvalue weighted by molar-refractivity contribution is 0.123. The summed E-state index contributed by atoms with van der Waals surface area (Å²) in [6, 6.07) is 12.0. The van der Waals surface area contributed by atoms with Crippen molar-refractivity contribution in [2.45, 2.75) is 6.54 Å². The average molecular weight is 434 g/mol. The van der Waals surface area contributed by atoms with Gasteiger partial charge in [-0.3, -0.25) is 0 Å². The topological polar surface area (TPSA) is 82.3 Å². The van der Waals surface area contributed by atoms with Crippen molar-refractivity contribution < 1.29 is 9.47 Å². The predicted molar refractivity (Wildman–Crippen MR) is 124 cm³/mol. The number of hydrogen-bond acceptors (Lipinski definition) is 7. The molecule has 4 aromatic rings. The molecule has 0 aliphatic carbocycles. The fraction of sp³-hybridized carbons (Fsp3) is 0.348. The van der Waals surface area contributed by atoms with E-state index in [0.717, 1.165) is 65.9 Å². The molecule has 0 bridgehead atoms. The number of pyridine rings is 1. The van der Waals surface area contributed by atoms with Crippen LogP contribution < -0.4 is 15.0 Å². The average Bonchev–Trinajstić information content (AvgIpc) is 3.50. The van der Waals surface area contributed by atoms with Crippen molar-refractivity contribution in [1.29, 1.82) is 0 Å². The smallest absolute Gasteiger partial charge is 0.164 e. The molecule has 9 heteroatoms. The zero-order valence-electron chi connectivity index (χ0n) is 18.4. The maximum absolute atomic E-state index is 5.56. The molecule has 9 nitrogen and oxygen atoms in total. The van der Waals surface area contributed by atoms with Gasteiger partial charge in [0.25, 0.3) is 0 Å². The van der Waals surface area contributed by atoms with Crippen LogP contribution in [0.4, 0.5) is 5.69 Å². The summed E-state index contributed by atoms with van der Waals surface area (Å²) in [5.41, 5.74) is 4.69. The molecular weight excluding hydrogens is 406 g/mol. The van der Waals surface area contributed by atoms with Gasteiger partial charge in [-0.05, 0) is 25.2 Å². The third-order valence-corrected chi connectivity index (χ3v) is 5.68. The van der Waals surface area contributed by atoms with Crippen molar-refractivity contribution in [2.75, 3.05) is 51.9 Å². The molecular formula is C23H27N7O2. The number of aromatic nitrogens is 5. The second-order valence-corrected chi connectivity index (χ2v) is 7.69. The van der Waals surface area contributed by atoms with Crippen LogP contribution in [0.5, 0.6) is 5.75 Å². The molecule has 0 unspecified atom stereocenters. The van der Waals surface area contributed by atoms with Crippen LogP contribution in [0.25, 0.3) is 28.2 Å². The maximum Gasteiger partial charge on any atom is 0.164 e. The Kier molecular flexibility index (Phi) is 5.74.